The number of carbonyl (C=O) groups excluding carboxylic acids is 1. The van der Waals surface area contributed by atoms with E-state index in [0.29, 0.717) is 11.4 Å². The second kappa shape index (κ2) is 2.90. The molecule has 1 aliphatic rings. The summed E-state index contributed by atoms with van der Waals surface area (Å²) in [6, 6.07) is 1.91. The first kappa shape index (κ1) is 7.80. The monoisotopic (exact) mass is 176 g/mol. The molecule has 0 aromatic carbocycles. The number of anilines is 1. The van der Waals surface area contributed by atoms with Gasteiger partial charge in [-0.3, -0.25) is 9.89 Å². The Bertz CT molecular complexity index is 372. The van der Waals surface area contributed by atoms with Crippen LogP contribution in [0, 0.1) is 17.2 Å². The topological polar surface area (TPSA) is 81.6 Å². The van der Waals surface area contributed by atoms with E-state index in [1.807, 2.05) is 6.07 Å². The second-order valence-electron chi connectivity index (χ2n) is 3.03. The number of nitriles is 1. The maximum Gasteiger partial charge on any atom is 0.227 e. The Balaban J connectivity index is 2.08. The van der Waals surface area contributed by atoms with Crippen molar-refractivity contribution in [1.82, 2.24) is 10.2 Å². The van der Waals surface area contributed by atoms with E-state index in [1.54, 1.807) is 0 Å². The lowest BCUT2D eigenvalue weighted by atomic mass is 10.3. The first-order valence-corrected chi connectivity index (χ1v) is 4.05. The lowest BCUT2D eigenvalue weighted by molar-refractivity contribution is -0.117. The predicted molar refractivity (Wildman–Crippen MR) is 44.7 cm³/mol. The third-order valence-electron chi connectivity index (χ3n) is 1.96. The van der Waals surface area contributed by atoms with Gasteiger partial charge in [0.1, 0.15) is 6.07 Å². The van der Waals surface area contributed by atoms with Crippen LogP contribution in [0.3, 0.4) is 0 Å². The van der Waals surface area contributed by atoms with Crippen LogP contribution >= 0.6 is 0 Å². The Kier molecular flexibility index (Phi) is 1.74. The molecular weight excluding hydrogens is 168 g/mol. The van der Waals surface area contributed by atoms with E-state index < -0.39 is 0 Å². The highest BCUT2D eigenvalue weighted by atomic mass is 16.2. The molecule has 0 radical (unpaired) electrons. The zero-order valence-corrected chi connectivity index (χ0v) is 6.87. The van der Waals surface area contributed by atoms with E-state index in [1.165, 1.54) is 6.20 Å². The fourth-order valence-electron chi connectivity index (χ4n) is 1.05. The van der Waals surface area contributed by atoms with Gasteiger partial charge in [0.05, 0.1) is 11.9 Å². The Hall–Kier alpha value is -1.83. The van der Waals surface area contributed by atoms with Gasteiger partial charge in [-0.2, -0.15) is 10.4 Å². The first-order chi connectivity index (χ1) is 6.31. The van der Waals surface area contributed by atoms with E-state index in [9.17, 15) is 4.79 Å². The van der Waals surface area contributed by atoms with Gasteiger partial charge in [0.25, 0.3) is 0 Å². The average Bonchev–Trinajstić information content (AvgIpc) is 2.88. The zero-order valence-electron chi connectivity index (χ0n) is 6.87. The molecule has 2 N–H and O–H groups in total. The zero-order chi connectivity index (χ0) is 9.26. The minimum absolute atomic E-state index is 0.0158. The molecule has 0 unspecified atom stereocenters. The molecule has 2 rings (SSSR count). The number of H-pyrrole nitrogens is 1. The van der Waals surface area contributed by atoms with Gasteiger partial charge in [-0.1, -0.05) is 0 Å². The maximum atomic E-state index is 11.3. The third-order valence-corrected chi connectivity index (χ3v) is 1.96. The Morgan fingerprint density at radius 1 is 1.77 bits per heavy atom. The first-order valence-electron chi connectivity index (χ1n) is 4.05. The molecule has 0 spiro atoms. The normalized spacial score (nSPS) is 15.0. The molecule has 66 valence electrons. The highest BCUT2D eigenvalue weighted by molar-refractivity contribution is 5.94. The molecule has 1 saturated carbocycles. The smallest absolute Gasteiger partial charge is 0.227 e. The van der Waals surface area contributed by atoms with Crippen LogP contribution in [0.1, 0.15) is 18.5 Å². The van der Waals surface area contributed by atoms with Crippen molar-refractivity contribution in [3.8, 4) is 6.07 Å². The summed E-state index contributed by atoms with van der Waals surface area (Å²) in [6.45, 7) is 0. The maximum absolute atomic E-state index is 11.3. The minimum atomic E-state index is -0.0158. The minimum Gasteiger partial charge on any atom is -0.322 e. The van der Waals surface area contributed by atoms with Gasteiger partial charge in [-0.15, -0.1) is 0 Å². The number of aromatic amines is 1. The molecule has 1 aromatic heterocycles. The summed E-state index contributed by atoms with van der Waals surface area (Å²) in [5.74, 6) is 0.124. The quantitative estimate of drug-likeness (QED) is 0.693. The lowest BCUT2D eigenvalue weighted by Crippen LogP contribution is -2.13. The predicted octanol–water partition coefficient (Wildman–Crippen LogP) is 0.630. The highest BCUT2D eigenvalue weighted by Gasteiger charge is 2.30. The van der Waals surface area contributed by atoms with Crippen molar-refractivity contribution in [1.29, 1.82) is 5.26 Å². The van der Waals surface area contributed by atoms with Gasteiger partial charge in [-0.25, -0.2) is 0 Å². The van der Waals surface area contributed by atoms with E-state index in [0.717, 1.165) is 12.8 Å². The molecule has 0 atom stereocenters. The van der Waals surface area contributed by atoms with Gasteiger partial charge in [-0.05, 0) is 12.8 Å². The molecule has 0 aliphatic heterocycles. The van der Waals surface area contributed by atoms with E-state index in [-0.39, 0.29) is 11.8 Å². The largest absolute Gasteiger partial charge is 0.322 e. The number of hydrogen-bond acceptors (Lipinski definition) is 3. The molecule has 1 heterocycles. The van der Waals surface area contributed by atoms with Crippen molar-refractivity contribution in [2.75, 3.05) is 5.32 Å². The fraction of sp³-hybridized carbons (Fsp3) is 0.375. The van der Waals surface area contributed by atoms with Crippen LogP contribution in [0.15, 0.2) is 6.20 Å². The van der Waals surface area contributed by atoms with Crippen LogP contribution in [0.25, 0.3) is 0 Å². The van der Waals surface area contributed by atoms with Crippen LogP contribution in [0.2, 0.25) is 0 Å². The van der Waals surface area contributed by atoms with Crippen molar-refractivity contribution in [2.45, 2.75) is 12.8 Å². The molecule has 0 bridgehead atoms. The SMILES string of the molecule is N#Cc1[nH]ncc1NC(=O)C1CC1. The molecular formula is C8H8N4O. The van der Waals surface area contributed by atoms with E-state index in [2.05, 4.69) is 15.5 Å². The molecule has 1 fully saturated rings. The van der Waals surface area contributed by atoms with Crippen LogP contribution in [-0.2, 0) is 4.79 Å². The number of aromatic nitrogens is 2. The summed E-state index contributed by atoms with van der Waals surface area (Å²) in [4.78, 5) is 11.3. The standard InChI is InChI=1S/C8H8N4O/c9-3-6-7(4-10-12-6)11-8(13)5-1-2-5/h4-5H,1-2H2,(H,10,12)(H,11,13). The summed E-state index contributed by atoms with van der Waals surface area (Å²) in [5, 5.41) is 17.4. The van der Waals surface area contributed by atoms with Crippen LogP contribution < -0.4 is 5.32 Å². The van der Waals surface area contributed by atoms with Crippen molar-refractivity contribution in [3.63, 3.8) is 0 Å². The van der Waals surface area contributed by atoms with Gasteiger partial charge in [0, 0.05) is 5.92 Å². The Morgan fingerprint density at radius 2 is 2.54 bits per heavy atom. The van der Waals surface area contributed by atoms with Crippen molar-refractivity contribution in [3.05, 3.63) is 11.9 Å². The van der Waals surface area contributed by atoms with E-state index in [4.69, 9.17) is 5.26 Å². The lowest BCUT2D eigenvalue weighted by Gasteiger charge is -1.99. The molecule has 0 saturated heterocycles. The van der Waals surface area contributed by atoms with Crippen LogP contribution in [0.4, 0.5) is 5.69 Å². The second-order valence-corrected chi connectivity index (χ2v) is 3.03. The number of carbonyl (C=O) groups is 1. The number of nitrogens with one attached hydrogen (secondary N) is 2. The summed E-state index contributed by atoms with van der Waals surface area (Å²) in [5.41, 5.74) is 0.772. The van der Waals surface area contributed by atoms with Crippen molar-refractivity contribution in [2.24, 2.45) is 5.92 Å². The average molecular weight is 176 g/mol. The number of nitrogens with zero attached hydrogens (tertiary/aromatic N) is 2. The molecule has 1 aromatic rings. The third kappa shape index (κ3) is 1.51. The van der Waals surface area contributed by atoms with E-state index >= 15 is 0 Å². The summed E-state index contributed by atoms with van der Waals surface area (Å²) in [6.07, 6.45) is 3.34. The number of rotatable bonds is 2. The fourth-order valence-corrected chi connectivity index (χ4v) is 1.05. The summed E-state index contributed by atoms with van der Waals surface area (Å²) in [7, 11) is 0. The molecule has 1 amide bonds. The van der Waals surface area contributed by atoms with Crippen LogP contribution in [-0.4, -0.2) is 16.1 Å². The summed E-state index contributed by atoms with van der Waals surface area (Å²) < 4.78 is 0. The molecule has 1 aliphatic carbocycles. The van der Waals surface area contributed by atoms with Gasteiger partial charge >= 0.3 is 0 Å². The van der Waals surface area contributed by atoms with Gasteiger partial charge in [0.2, 0.25) is 5.91 Å². The Morgan fingerprint density at radius 3 is 3.15 bits per heavy atom. The number of amides is 1. The molecule has 5 heteroatoms. The highest BCUT2D eigenvalue weighted by Crippen LogP contribution is 2.30. The van der Waals surface area contributed by atoms with Crippen LogP contribution in [0.5, 0.6) is 0 Å². The van der Waals surface area contributed by atoms with Gasteiger partial charge < -0.3 is 5.32 Å². The summed E-state index contributed by atoms with van der Waals surface area (Å²) >= 11 is 0. The molecule has 5 nitrogen and oxygen atoms in total. The molecule has 13 heavy (non-hydrogen) atoms. The van der Waals surface area contributed by atoms with Gasteiger partial charge in [0.15, 0.2) is 5.69 Å². The number of hydrogen-bond donors (Lipinski definition) is 2. The Labute approximate surface area is 74.8 Å². The van der Waals surface area contributed by atoms with Crippen molar-refractivity contribution >= 4 is 11.6 Å². The van der Waals surface area contributed by atoms with Crippen molar-refractivity contribution < 1.29 is 4.79 Å².